The van der Waals surface area contributed by atoms with Crippen molar-refractivity contribution >= 4 is 23.1 Å². The minimum Gasteiger partial charge on any atom is -0.494 e. The maximum atomic E-state index is 14.0. The molecule has 2 aromatic carbocycles. The zero-order chi connectivity index (χ0) is 24.6. The van der Waals surface area contributed by atoms with Gasteiger partial charge >= 0.3 is 6.03 Å². The number of thiophene rings is 1. The number of hydrogen-bond donors (Lipinski definition) is 1. The van der Waals surface area contributed by atoms with Gasteiger partial charge in [0.2, 0.25) is 0 Å². The topological polar surface area (TPSA) is 46.5 Å². The summed E-state index contributed by atoms with van der Waals surface area (Å²) in [5.74, 6) is 0.801. The third kappa shape index (κ3) is 4.09. The number of anilines is 1. The molecule has 1 aliphatic heterocycles. The largest absolute Gasteiger partial charge is 0.494 e. The Hall–Kier alpha value is -3.51. The van der Waals surface area contributed by atoms with E-state index in [0.717, 1.165) is 35.5 Å². The molecule has 6 rings (SSSR count). The van der Waals surface area contributed by atoms with Crippen molar-refractivity contribution in [2.75, 3.05) is 11.9 Å². The minimum absolute atomic E-state index is 0.0962. The number of urea groups is 1. The van der Waals surface area contributed by atoms with E-state index in [1.807, 2.05) is 47.4 Å². The Labute approximate surface area is 216 Å². The first kappa shape index (κ1) is 22.9. The molecule has 4 aromatic rings. The van der Waals surface area contributed by atoms with Crippen LogP contribution in [-0.2, 0) is 19.4 Å². The van der Waals surface area contributed by atoms with Crippen LogP contribution in [0.5, 0.6) is 5.75 Å². The fraction of sp³-hybridized carbons (Fsp3) is 0.300. The summed E-state index contributed by atoms with van der Waals surface area (Å²) in [6.45, 7) is 5.27. The highest BCUT2D eigenvalue weighted by atomic mass is 32.1. The smallest absolute Gasteiger partial charge is 0.322 e. The van der Waals surface area contributed by atoms with Crippen molar-refractivity contribution in [3.8, 4) is 10.8 Å². The summed E-state index contributed by atoms with van der Waals surface area (Å²) in [5.41, 5.74) is 6.98. The van der Waals surface area contributed by atoms with Gasteiger partial charge in [0.05, 0.1) is 24.9 Å². The monoisotopic (exact) mass is 497 g/mol. The number of ether oxygens (including phenoxy) is 1. The van der Waals surface area contributed by atoms with Crippen molar-refractivity contribution in [3.05, 3.63) is 99.7 Å². The van der Waals surface area contributed by atoms with Crippen LogP contribution >= 0.6 is 11.3 Å². The van der Waals surface area contributed by atoms with Crippen molar-refractivity contribution < 1.29 is 9.53 Å². The number of benzene rings is 2. The first-order valence-electron chi connectivity index (χ1n) is 12.8. The minimum atomic E-state index is -0.192. The van der Waals surface area contributed by atoms with Crippen molar-refractivity contribution in [2.24, 2.45) is 0 Å². The normalized spacial score (nSPS) is 16.5. The van der Waals surface area contributed by atoms with E-state index in [4.69, 9.17) is 4.74 Å². The fourth-order valence-corrected chi connectivity index (χ4v) is 6.89. The molecule has 2 amide bonds. The van der Waals surface area contributed by atoms with E-state index in [2.05, 4.69) is 59.4 Å². The molecule has 0 spiro atoms. The molecule has 0 radical (unpaired) electrons. The molecule has 1 unspecified atom stereocenters. The lowest BCUT2D eigenvalue weighted by molar-refractivity contribution is 0.194. The molecule has 5 nitrogen and oxygen atoms in total. The van der Waals surface area contributed by atoms with Crippen LogP contribution in [-0.4, -0.2) is 22.1 Å². The lowest BCUT2D eigenvalue weighted by Gasteiger charge is -2.31. The Morgan fingerprint density at radius 1 is 1.03 bits per heavy atom. The Morgan fingerprint density at radius 2 is 1.81 bits per heavy atom. The average molecular weight is 498 g/mol. The van der Waals surface area contributed by atoms with Gasteiger partial charge in [-0.15, -0.1) is 11.3 Å². The third-order valence-corrected chi connectivity index (χ3v) is 8.58. The standard InChI is InChI=1S/C30H31N3O2S/c1-3-35-23-16-14-22(15-17-23)31-30(34)33-19-25-24-7-4-5-9-27(24)36-29(25)32-18-6-8-26(32)28(33)21-12-10-20(2)11-13-21/h6,8,10-18,28H,3-5,7,9,19H2,1-2H3,(H,31,34). The molecule has 6 heteroatoms. The SMILES string of the molecule is CCOc1ccc(NC(=O)N2Cc3c(sc4c3CCCC4)-n3cccc3C2c2ccc(C)cc2)cc1. The second-order valence-corrected chi connectivity index (χ2v) is 10.7. The van der Waals surface area contributed by atoms with Crippen LogP contribution in [0.4, 0.5) is 10.5 Å². The van der Waals surface area contributed by atoms with Gasteiger partial charge in [0.1, 0.15) is 10.8 Å². The third-order valence-electron chi connectivity index (χ3n) is 7.25. The highest BCUT2D eigenvalue weighted by Gasteiger charge is 2.36. The van der Waals surface area contributed by atoms with E-state index < -0.39 is 0 Å². The van der Waals surface area contributed by atoms with Gasteiger partial charge in [-0.05, 0) is 87.1 Å². The quantitative estimate of drug-likeness (QED) is 0.322. The molecule has 0 fully saturated rings. The molecule has 1 aliphatic carbocycles. The van der Waals surface area contributed by atoms with Gasteiger partial charge in [-0.2, -0.15) is 0 Å². The maximum absolute atomic E-state index is 14.0. The Bertz CT molecular complexity index is 1380. The Balaban J connectivity index is 1.43. The Kier molecular flexibility index (Phi) is 6.05. The van der Waals surface area contributed by atoms with Gasteiger partial charge in [-0.3, -0.25) is 0 Å². The van der Waals surface area contributed by atoms with Gasteiger partial charge in [0.25, 0.3) is 0 Å². The Morgan fingerprint density at radius 3 is 2.58 bits per heavy atom. The summed E-state index contributed by atoms with van der Waals surface area (Å²) in [5, 5.41) is 4.45. The molecule has 2 aliphatic rings. The van der Waals surface area contributed by atoms with E-state index in [-0.39, 0.29) is 12.1 Å². The number of aryl methyl sites for hydroxylation is 2. The van der Waals surface area contributed by atoms with E-state index in [0.29, 0.717) is 13.2 Å². The second kappa shape index (κ2) is 9.51. The number of rotatable bonds is 4. The molecule has 3 heterocycles. The maximum Gasteiger partial charge on any atom is 0.322 e. The molecule has 0 bridgehead atoms. The highest BCUT2D eigenvalue weighted by Crippen LogP contribution is 2.44. The number of fused-ring (bicyclic) bond motifs is 5. The molecule has 1 N–H and O–H groups in total. The van der Waals surface area contributed by atoms with Crippen LogP contribution in [0, 0.1) is 6.92 Å². The number of carbonyl (C=O) groups excluding carboxylic acids is 1. The first-order chi connectivity index (χ1) is 17.6. The molecule has 0 saturated carbocycles. The van der Waals surface area contributed by atoms with E-state index in [1.165, 1.54) is 39.4 Å². The summed E-state index contributed by atoms with van der Waals surface area (Å²) >= 11 is 1.91. The van der Waals surface area contributed by atoms with Crippen molar-refractivity contribution in [1.29, 1.82) is 0 Å². The summed E-state index contributed by atoms with van der Waals surface area (Å²) < 4.78 is 7.90. The molecule has 0 saturated heterocycles. The van der Waals surface area contributed by atoms with Crippen molar-refractivity contribution in [2.45, 2.75) is 52.1 Å². The number of aromatic nitrogens is 1. The van der Waals surface area contributed by atoms with Gasteiger partial charge in [-0.1, -0.05) is 29.8 Å². The highest BCUT2D eigenvalue weighted by molar-refractivity contribution is 7.15. The summed E-state index contributed by atoms with van der Waals surface area (Å²) in [6, 6.07) is 20.2. The molecular weight excluding hydrogens is 466 g/mol. The lowest BCUT2D eigenvalue weighted by Crippen LogP contribution is -2.38. The van der Waals surface area contributed by atoms with E-state index in [1.54, 1.807) is 0 Å². The first-order valence-corrected chi connectivity index (χ1v) is 13.6. The number of nitrogens with one attached hydrogen (secondary N) is 1. The molecular formula is C30H31N3O2S. The lowest BCUT2D eigenvalue weighted by atomic mass is 9.95. The van der Waals surface area contributed by atoms with Crippen LogP contribution in [0.3, 0.4) is 0 Å². The van der Waals surface area contributed by atoms with Gasteiger partial charge in [0, 0.05) is 22.3 Å². The summed E-state index contributed by atoms with van der Waals surface area (Å²) in [6.07, 6.45) is 6.86. The van der Waals surface area contributed by atoms with Crippen LogP contribution < -0.4 is 10.1 Å². The van der Waals surface area contributed by atoms with E-state index >= 15 is 0 Å². The predicted octanol–water partition coefficient (Wildman–Crippen LogP) is 7.26. The van der Waals surface area contributed by atoms with Gasteiger partial charge in [-0.25, -0.2) is 4.79 Å². The zero-order valence-corrected chi connectivity index (χ0v) is 21.6. The van der Waals surface area contributed by atoms with Crippen LogP contribution in [0.1, 0.15) is 58.6 Å². The summed E-state index contributed by atoms with van der Waals surface area (Å²) in [7, 11) is 0. The second-order valence-electron chi connectivity index (χ2n) is 9.63. The van der Waals surface area contributed by atoms with Gasteiger partial charge in [0.15, 0.2) is 0 Å². The number of hydrogen-bond acceptors (Lipinski definition) is 3. The van der Waals surface area contributed by atoms with Crippen LogP contribution in [0.2, 0.25) is 0 Å². The fourth-order valence-electron chi connectivity index (χ4n) is 5.48. The van der Waals surface area contributed by atoms with Crippen LogP contribution in [0.15, 0.2) is 66.9 Å². The number of carbonyl (C=O) groups is 1. The zero-order valence-electron chi connectivity index (χ0n) is 20.8. The van der Waals surface area contributed by atoms with Crippen molar-refractivity contribution in [3.63, 3.8) is 0 Å². The van der Waals surface area contributed by atoms with Gasteiger partial charge < -0.3 is 19.5 Å². The molecule has 1 atom stereocenters. The summed E-state index contributed by atoms with van der Waals surface area (Å²) in [4.78, 5) is 17.5. The van der Waals surface area contributed by atoms with Crippen molar-refractivity contribution in [1.82, 2.24) is 9.47 Å². The molecule has 184 valence electrons. The number of nitrogens with zero attached hydrogens (tertiary/aromatic N) is 2. The molecule has 2 aromatic heterocycles. The van der Waals surface area contributed by atoms with Crippen LogP contribution in [0.25, 0.3) is 5.00 Å². The number of amides is 2. The predicted molar refractivity (Wildman–Crippen MR) is 145 cm³/mol. The van der Waals surface area contributed by atoms with E-state index in [9.17, 15) is 4.79 Å². The average Bonchev–Trinajstić information content (AvgIpc) is 3.48. The molecule has 36 heavy (non-hydrogen) atoms.